The molecule has 1 N–H and O–H groups in total. The summed E-state index contributed by atoms with van der Waals surface area (Å²) in [5.41, 5.74) is 1.22. The van der Waals surface area contributed by atoms with Crippen LogP contribution in [0.2, 0.25) is 0 Å². The zero-order chi connectivity index (χ0) is 14.8. The molecule has 0 saturated carbocycles. The van der Waals surface area contributed by atoms with Gasteiger partial charge in [0.15, 0.2) is 0 Å². The molecule has 2 rings (SSSR count). The zero-order valence-electron chi connectivity index (χ0n) is 13.4. The van der Waals surface area contributed by atoms with Crippen LogP contribution in [0.1, 0.15) is 70.5 Å². The van der Waals surface area contributed by atoms with Gasteiger partial charge in [0.05, 0.1) is 17.3 Å². The molecule has 20 heavy (non-hydrogen) atoms. The minimum absolute atomic E-state index is 0.00486. The van der Waals surface area contributed by atoms with Gasteiger partial charge in [-0.3, -0.25) is 0 Å². The van der Waals surface area contributed by atoms with Crippen molar-refractivity contribution in [2.45, 2.75) is 77.5 Å². The Morgan fingerprint density at radius 2 is 2.20 bits per heavy atom. The van der Waals surface area contributed by atoms with Crippen molar-refractivity contribution in [2.24, 2.45) is 0 Å². The molecule has 2 heterocycles. The maximum Gasteiger partial charge on any atom is 0.113 e. The third-order valence-electron chi connectivity index (χ3n) is 4.00. The van der Waals surface area contributed by atoms with E-state index in [4.69, 9.17) is 9.72 Å². The summed E-state index contributed by atoms with van der Waals surface area (Å²) in [6.45, 7) is 11.9. The van der Waals surface area contributed by atoms with Crippen molar-refractivity contribution < 1.29 is 4.74 Å². The average molecular weight is 296 g/mol. The second-order valence-electron chi connectivity index (χ2n) is 6.47. The van der Waals surface area contributed by atoms with Crippen molar-refractivity contribution in [3.05, 3.63) is 16.1 Å². The molecule has 1 fully saturated rings. The lowest BCUT2D eigenvalue weighted by Crippen LogP contribution is -2.51. The number of aromatic nitrogens is 1. The number of hydrogen-bond acceptors (Lipinski definition) is 4. The fourth-order valence-corrected chi connectivity index (χ4v) is 4.11. The van der Waals surface area contributed by atoms with Crippen LogP contribution in [0.4, 0.5) is 0 Å². The van der Waals surface area contributed by atoms with Crippen LogP contribution in [0, 0.1) is 0 Å². The minimum atomic E-state index is 0.00486. The first-order valence-electron chi connectivity index (χ1n) is 7.82. The van der Waals surface area contributed by atoms with Crippen molar-refractivity contribution >= 4 is 11.3 Å². The van der Waals surface area contributed by atoms with E-state index in [2.05, 4.69) is 45.3 Å². The van der Waals surface area contributed by atoms with Crippen molar-refractivity contribution in [1.82, 2.24) is 10.3 Å². The smallest absolute Gasteiger partial charge is 0.113 e. The Bertz CT molecular complexity index is 430. The fourth-order valence-electron chi connectivity index (χ4n) is 2.92. The highest BCUT2D eigenvalue weighted by Crippen LogP contribution is 2.38. The van der Waals surface area contributed by atoms with Crippen LogP contribution in [-0.2, 0) is 10.3 Å². The van der Waals surface area contributed by atoms with Gasteiger partial charge in [0.25, 0.3) is 0 Å². The molecule has 1 aromatic rings. The summed E-state index contributed by atoms with van der Waals surface area (Å²) < 4.78 is 5.88. The molecule has 4 heteroatoms. The first kappa shape index (κ1) is 15.9. The average Bonchev–Trinajstić information content (AvgIpc) is 2.88. The Morgan fingerprint density at radius 3 is 2.75 bits per heavy atom. The molecule has 1 aliphatic rings. The molecular weight excluding hydrogens is 268 g/mol. The molecule has 2 atom stereocenters. The molecule has 0 amide bonds. The largest absolute Gasteiger partial charge is 0.378 e. The molecule has 0 bridgehead atoms. The first-order chi connectivity index (χ1) is 9.47. The SMILES string of the molecule is CCC1CC(NC(C)C)(c2nc(C(C)C)cs2)CCO1. The Labute approximate surface area is 127 Å². The first-order valence-corrected chi connectivity index (χ1v) is 8.70. The molecule has 0 aromatic carbocycles. The molecule has 1 aromatic heterocycles. The lowest BCUT2D eigenvalue weighted by Gasteiger charge is -2.41. The number of thiazole rings is 1. The lowest BCUT2D eigenvalue weighted by atomic mass is 9.85. The van der Waals surface area contributed by atoms with E-state index >= 15 is 0 Å². The Kier molecular flexibility index (Phi) is 5.21. The Morgan fingerprint density at radius 1 is 1.45 bits per heavy atom. The minimum Gasteiger partial charge on any atom is -0.378 e. The quantitative estimate of drug-likeness (QED) is 0.890. The molecule has 114 valence electrons. The van der Waals surface area contributed by atoms with E-state index in [9.17, 15) is 0 Å². The number of hydrogen-bond donors (Lipinski definition) is 1. The van der Waals surface area contributed by atoms with Gasteiger partial charge in [-0.15, -0.1) is 11.3 Å². The van der Waals surface area contributed by atoms with Crippen LogP contribution in [0.25, 0.3) is 0 Å². The monoisotopic (exact) mass is 296 g/mol. The number of ether oxygens (including phenoxy) is 1. The molecule has 2 unspecified atom stereocenters. The predicted molar refractivity (Wildman–Crippen MR) is 85.4 cm³/mol. The zero-order valence-corrected chi connectivity index (χ0v) is 14.2. The maximum absolute atomic E-state index is 5.88. The van der Waals surface area contributed by atoms with Gasteiger partial charge >= 0.3 is 0 Å². The molecule has 0 spiro atoms. The summed E-state index contributed by atoms with van der Waals surface area (Å²) in [5.74, 6) is 0.498. The van der Waals surface area contributed by atoms with E-state index in [-0.39, 0.29) is 5.54 Å². The van der Waals surface area contributed by atoms with Crippen LogP contribution >= 0.6 is 11.3 Å². The highest BCUT2D eigenvalue weighted by molar-refractivity contribution is 7.09. The van der Waals surface area contributed by atoms with Crippen molar-refractivity contribution in [2.75, 3.05) is 6.61 Å². The third-order valence-corrected chi connectivity index (χ3v) is 5.07. The standard InChI is InChI=1S/C16H28N2OS/c1-6-13-9-16(7-8-19-13,18-12(4)5)15-17-14(10-20-15)11(2)3/h10-13,18H,6-9H2,1-5H3. The molecule has 3 nitrogen and oxygen atoms in total. The molecule has 0 radical (unpaired) electrons. The summed E-state index contributed by atoms with van der Waals surface area (Å²) in [6, 6.07) is 0.456. The molecular formula is C16H28N2OS. The Balaban J connectivity index is 2.30. The van der Waals surface area contributed by atoms with E-state index in [1.807, 2.05) is 11.3 Å². The summed E-state index contributed by atoms with van der Waals surface area (Å²) in [7, 11) is 0. The fraction of sp³-hybridized carbons (Fsp3) is 0.812. The van der Waals surface area contributed by atoms with Gasteiger partial charge in [0.2, 0.25) is 0 Å². The van der Waals surface area contributed by atoms with Gasteiger partial charge in [0, 0.05) is 18.0 Å². The summed E-state index contributed by atoms with van der Waals surface area (Å²) >= 11 is 1.81. The summed E-state index contributed by atoms with van der Waals surface area (Å²) in [5, 5.41) is 7.27. The normalized spacial score (nSPS) is 27.4. The van der Waals surface area contributed by atoms with Crippen LogP contribution < -0.4 is 5.32 Å². The van der Waals surface area contributed by atoms with Gasteiger partial charge in [0.1, 0.15) is 5.01 Å². The van der Waals surface area contributed by atoms with E-state index in [0.29, 0.717) is 18.1 Å². The Hall–Kier alpha value is -0.450. The number of nitrogens with one attached hydrogen (secondary N) is 1. The van der Waals surface area contributed by atoms with Crippen molar-refractivity contribution in [3.8, 4) is 0 Å². The van der Waals surface area contributed by atoms with Gasteiger partial charge in [-0.05, 0) is 39.0 Å². The van der Waals surface area contributed by atoms with Gasteiger partial charge in [-0.25, -0.2) is 4.98 Å². The second kappa shape index (κ2) is 6.54. The summed E-state index contributed by atoms with van der Waals surface area (Å²) in [6.07, 6.45) is 3.48. The number of nitrogens with zero attached hydrogens (tertiary/aromatic N) is 1. The maximum atomic E-state index is 5.88. The van der Waals surface area contributed by atoms with Crippen molar-refractivity contribution in [1.29, 1.82) is 0 Å². The highest BCUT2D eigenvalue weighted by Gasteiger charge is 2.40. The van der Waals surface area contributed by atoms with E-state index in [0.717, 1.165) is 25.9 Å². The van der Waals surface area contributed by atoms with Crippen LogP contribution in [-0.4, -0.2) is 23.7 Å². The van der Waals surface area contributed by atoms with Gasteiger partial charge < -0.3 is 10.1 Å². The third kappa shape index (κ3) is 3.41. The molecule has 1 aliphatic heterocycles. The van der Waals surface area contributed by atoms with Crippen LogP contribution in [0.3, 0.4) is 0 Å². The van der Waals surface area contributed by atoms with Crippen molar-refractivity contribution in [3.63, 3.8) is 0 Å². The second-order valence-corrected chi connectivity index (χ2v) is 7.33. The lowest BCUT2D eigenvalue weighted by molar-refractivity contribution is -0.0346. The van der Waals surface area contributed by atoms with E-state index in [1.54, 1.807) is 0 Å². The van der Waals surface area contributed by atoms with Crippen LogP contribution in [0.5, 0.6) is 0 Å². The topological polar surface area (TPSA) is 34.2 Å². The number of rotatable bonds is 5. The van der Waals surface area contributed by atoms with Gasteiger partial charge in [-0.2, -0.15) is 0 Å². The van der Waals surface area contributed by atoms with Crippen LogP contribution in [0.15, 0.2) is 5.38 Å². The van der Waals surface area contributed by atoms with E-state index < -0.39 is 0 Å². The van der Waals surface area contributed by atoms with Gasteiger partial charge in [-0.1, -0.05) is 20.8 Å². The van der Waals surface area contributed by atoms with E-state index in [1.165, 1.54) is 10.7 Å². The predicted octanol–water partition coefficient (Wildman–Crippen LogP) is 4.05. The summed E-state index contributed by atoms with van der Waals surface area (Å²) in [4.78, 5) is 4.93. The molecule has 1 saturated heterocycles. The molecule has 0 aliphatic carbocycles. The highest BCUT2D eigenvalue weighted by atomic mass is 32.1.